The van der Waals surface area contributed by atoms with Crippen molar-refractivity contribution in [3.63, 3.8) is 0 Å². The maximum Gasteiger partial charge on any atom is 0.155 e. The molecule has 0 saturated heterocycles. The van der Waals surface area contributed by atoms with Crippen LogP contribution in [0.15, 0.2) is 23.2 Å². The van der Waals surface area contributed by atoms with E-state index in [0.29, 0.717) is 6.04 Å². The summed E-state index contributed by atoms with van der Waals surface area (Å²) >= 11 is 3.41. The Morgan fingerprint density at radius 3 is 2.90 bits per heavy atom. The number of nitrogens with zero attached hydrogens (tertiary/aromatic N) is 3. The van der Waals surface area contributed by atoms with Gasteiger partial charge in [-0.15, -0.1) is 0 Å². The van der Waals surface area contributed by atoms with Crippen LogP contribution in [0.1, 0.15) is 38.8 Å². The monoisotopic (exact) mass is 336 g/mol. The number of fused-ring (bicyclic) bond motifs is 1. The lowest BCUT2D eigenvalue weighted by Gasteiger charge is -2.32. The minimum absolute atomic E-state index is 0.636. The van der Waals surface area contributed by atoms with Crippen molar-refractivity contribution in [3.8, 4) is 0 Å². The first-order chi connectivity index (χ1) is 9.63. The Hall–Kier alpha value is -0.940. The highest BCUT2D eigenvalue weighted by molar-refractivity contribution is 9.10. The van der Waals surface area contributed by atoms with Crippen molar-refractivity contribution in [1.82, 2.24) is 19.7 Å². The highest BCUT2D eigenvalue weighted by atomic mass is 79.9. The van der Waals surface area contributed by atoms with Crippen molar-refractivity contribution in [2.45, 2.75) is 45.7 Å². The first-order valence-corrected chi connectivity index (χ1v) is 8.13. The van der Waals surface area contributed by atoms with E-state index in [-0.39, 0.29) is 0 Å². The van der Waals surface area contributed by atoms with Crippen molar-refractivity contribution < 1.29 is 0 Å². The minimum Gasteiger partial charge on any atom is -0.308 e. The van der Waals surface area contributed by atoms with E-state index in [1.54, 1.807) is 6.20 Å². The molecule has 1 aliphatic carbocycles. The van der Waals surface area contributed by atoms with Gasteiger partial charge >= 0.3 is 0 Å². The fraction of sp³-hybridized carbons (Fsp3) is 0.600. The molecule has 0 radical (unpaired) electrons. The van der Waals surface area contributed by atoms with E-state index in [1.165, 1.54) is 25.0 Å². The van der Waals surface area contributed by atoms with Crippen LogP contribution in [0.3, 0.4) is 0 Å². The van der Waals surface area contributed by atoms with E-state index < -0.39 is 0 Å². The van der Waals surface area contributed by atoms with Gasteiger partial charge in [-0.05, 0) is 47.0 Å². The summed E-state index contributed by atoms with van der Waals surface area (Å²) in [5, 5.41) is 3.69. The molecule has 2 aromatic heterocycles. The molecule has 0 aliphatic heterocycles. The fourth-order valence-electron chi connectivity index (χ4n) is 3.03. The molecule has 2 aromatic rings. The molecular formula is C15H21BrN4. The van der Waals surface area contributed by atoms with Gasteiger partial charge < -0.3 is 5.32 Å². The predicted molar refractivity (Wildman–Crippen MR) is 83.5 cm³/mol. The molecule has 1 aliphatic rings. The average Bonchev–Trinajstić information content (AvgIpc) is 2.82. The van der Waals surface area contributed by atoms with E-state index in [9.17, 15) is 0 Å². The maximum atomic E-state index is 4.39. The van der Waals surface area contributed by atoms with Gasteiger partial charge in [0.2, 0.25) is 0 Å². The van der Waals surface area contributed by atoms with E-state index in [0.717, 1.165) is 28.6 Å². The molecule has 20 heavy (non-hydrogen) atoms. The minimum atomic E-state index is 0.636. The second-order valence-corrected chi connectivity index (χ2v) is 6.85. The Bertz CT molecular complexity index is 595. The third-order valence-corrected chi connectivity index (χ3v) is 5.02. The Morgan fingerprint density at radius 2 is 2.10 bits per heavy atom. The van der Waals surface area contributed by atoms with Gasteiger partial charge in [0.25, 0.3) is 0 Å². The number of aromatic nitrogens is 3. The van der Waals surface area contributed by atoms with Crippen molar-refractivity contribution in [2.24, 2.45) is 11.8 Å². The predicted octanol–water partition coefficient (Wildman–Crippen LogP) is 3.41. The number of hydrogen-bond acceptors (Lipinski definition) is 3. The molecule has 2 heterocycles. The van der Waals surface area contributed by atoms with Crippen molar-refractivity contribution >= 4 is 21.6 Å². The summed E-state index contributed by atoms with van der Waals surface area (Å²) in [6.45, 7) is 5.61. The molecule has 0 aromatic carbocycles. The number of hydrogen-bond donors (Lipinski definition) is 1. The molecule has 5 heteroatoms. The van der Waals surface area contributed by atoms with Crippen LogP contribution < -0.4 is 5.32 Å². The van der Waals surface area contributed by atoms with Crippen LogP contribution in [-0.4, -0.2) is 20.4 Å². The van der Waals surface area contributed by atoms with Crippen LogP contribution in [0.4, 0.5) is 0 Å². The molecule has 1 N–H and O–H groups in total. The zero-order valence-corrected chi connectivity index (χ0v) is 13.6. The van der Waals surface area contributed by atoms with Gasteiger partial charge in [-0.1, -0.05) is 13.8 Å². The van der Waals surface area contributed by atoms with E-state index in [4.69, 9.17) is 0 Å². The van der Waals surface area contributed by atoms with E-state index in [2.05, 4.69) is 49.5 Å². The summed E-state index contributed by atoms with van der Waals surface area (Å²) in [5.41, 5.74) is 2.09. The summed E-state index contributed by atoms with van der Waals surface area (Å²) in [6, 6.07) is 0.636. The second-order valence-electron chi connectivity index (χ2n) is 6.03. The number of imidazole rings is 1. The van der Waals surface area contributed by atoms with Gasteiger partial charge in [-0.3, -0.25) is 4.40 Å². The third kappa shape index (κ3) is 2.88. The zero-order valence-electron chi connectivity index (χ0n) is 12.0. The fourth-order valence-corrected chi connectivity index (χ4v) is 3.34. The summed E-state index contributed by atoms with van der Waals surface area (Å²) in [7, 11) is 0. The largest absolute Gasteiger partial charge is 0.308 e. The normalized spacial score (nSPS) is 27.1. The average molecular weight is 337 g/mol. The molecule has 0 spiro atoms. The molecule has 1 saturated carbocycles. The highest BCUT2D eigenvalue weighted by Gasteiger charge is 2.24. The molecular weight excluding hydrogens is 316 g/mol. The van der Waals surface area contributed by atoms with Crippen molar-refractivity contribution in [1.29, 1.82) is 0 Å². The lowest BCUT2D eigenvalue weighted by Crippen LogP contribution is -2.36. The third-order valence-electron chi connectivity index (χ3n) is 4.61. The van der Waals surface area contributed by atoms with Crippen LogP contribution in [-0.2, 0) is 6.54 Å². The molecule has 3 unspecified atom stereocenters. The second kappa shape index (κ2) is 5.82. The molecule has 0 bridgehead atoms. The molecule has 1 fully saturated rings. The standard InChI is InChI=1S/C15H21BrN4/c1-10-3-4-12(5-11(10)2)17-6-13-7-19-15-8-18-14(16)9-20(13)15/h7-12,17H,3-6H2,1-2H3. The summed E-state index contributed by atoms with van der Waals surface area (Å²) in [4.78, 5) is 8.59. The topological polar surface area (TPSA) is 42.2 Å². The van der Waals surface area contributed by atoms with Crippen LogP contribution in [0.5, 0.6) is 0 Å². The van der Waals surface area contributed by atoms with E-state index in [1.807, 2.05) is 12.4 Å². The van der Waals surface area contributed by atoms with Gasteiger partial charge in [0, 0.05) is 18.8 Å². The molecule has 108 valence electrons. The van der Waals surface area contributed by atoms with Crippen molar-refractivity contribution in [2.75, 3.05) is 0 Å². The van der Waals surface area contributed by atoms with Crippen LogP contribution in [0, 0.1) is 11.8 Å². The Kier molecular flexibility index (Phi) is 4.08. The number of halogens is 1. The molecule has 3 rings (SSSR count). The van der Waals surface area contributed by atoms with Gasteiger partial charge in [-0.2, -0.15) is 0 Å². The lowest BCUT2D eigenvalue weighted by molar-refractivity contribution is 0.225. The molecule has 0 amide bonds. The zero-order chi connectivity index (χ0) is 14.1. The van der Waals surface area contributed by atoms with Gasteiger partial charge in [-0.25, -0.2) is 9.97 Å². The van der Waals surface area contributed by atoms with E-state index >= 15 is 0 Å². The first kappa shape index (κ1) is 14.0. The van der Waals surface area contributed by atoms with Crippen molar-refractivity contribution in [3.05, 3.63) is 28.9 Å². The maximum absolute atomic E-state index is 4.39. The summed E-state index contributed by atoms with van der Waals surface area (Å²) in [6.07, 6.45) is 9.60. The number of nitrogens with one attached hydrogen (secondary N) is 1. The summed E-state index contributed by atoms with van der Waals surface area (Å²) in [5.74, 6) is 1.69. The molecule has 4 nitrogen and oxygen atoms in total. The Morgan fingerprint density at radius 1 is 1.25 bits per heavy atom. The number of rotatable bonds is 3. The lowest BCUT2D eigenvalue weighted by atomic mass is 9.79. The van der Waals surface area contributed by atoms with Crippen LogP contribution in [0.2, 0.25) is 0 Å². The van der Waals surface area contributed by atoms with Crippen LogP contribution in [0.25, 0.3) is 5.65 Å². The quantitative estimate of drug-likeness (QED) is 0.933. The van der Waals surface area contributed by atoms with Crippen LogP contribution >= 0.6 is 15.9 Å². The summed E-state index contributed by atoms with van der Waals surface area (Å²) < 4.78 is 2.93. The van der Waals surface area contributed by atoms with Gasteiger partial charge in [0.1, 0.15) is 4.60 Å². The highest BCUT2D eigenvalue weighted by Crippen LogP contribution is 2.29. The smallest absolute Gasteiger partial charge is 0.155 e. The SMILES string of the molecule is CC1CCC(NCc2cnc3cnc(Br)cn23)CC1C. The van der Waals surface area contributed by atoms with Gasteiger partial charge in [0.05, 0.1) is 18.1 Å². The Labute approximate surface area is 128 Å². The van der Waals surface area contributed by atoms with Gasteiger partial charge in [0.15, 0.2) is 5.65 Å². The Balaban J connectivity index is 1.67. The first-order valence-electron chi connectivity index (χ1n) is 7.34. The molecule has 3 atom stereocenters.